The Kier molecular flexibility index (Phi) is 11.2. The molecule has 2 heterocycles. The highest BCUT2D eigenvalue weighted by Crippen LogP contribution is 2.43. The van der Waals surface area contributed by atoms with Crippen LogP contribution in [0, 0.1) is 5.92 Å². The molecular weight excluding hydrogens is 659 g/mol. The van der Waals surface area contributed by atoms with Crippen molar-refractivity contribution in [2.24, 2.45) is 5.92 Å². The molecule has 12 nitrogen and oxygen atoms in total. The van der Waals surface area contributed by atoms with Gasteiger partial charge in [0.15, 0.2) is 6.29 Å². The summed E-state index contributed by atoms with van der Waals surface area (Å²) in [7, 11) is 0. The third-order valence-electron chi connectivity index (χ3n) is 8.59. The van der Waals surface area contributed by atoms with E-state index in [0.717, 1.165) is 39.1 Å². The molecule has 1 aliphatic heterocycles. The Bertz CT molecular complexity index is 1900. The first-order valence-electron chi connectivity index (χ1n) is 16.2. The number of aromatic hydroxyl groups is 1. The predicted octanol–water partition coefficient (Wildman–Crippen LogP) is 5.59. The molecule has 0 aliphatic carbocycles. The molecule has 258 valence electrons. The summed E-state index contributed by atoms with van der Waals surface area (Å²) in [5.41, 5.74) is 6.13. The van der Waals surface area contributed by atoms with Crippen LogP contribution in [0.2, 0.25) is 0 Å². The first-order valence-corrected chi connectivity index (χ1v) is 17.2. The van der Waals surface area contributed by atoms with Crippen molar-refractivity contribution in [2.75, 3.05) is 5.75 Å². The SMILES string of the molecule is CC1C(CSc2nnnn2-c2ccc(O)cc2)OC(c2ccc(-c3ccccc3CNC(=O)CCC(=O)O)cc2)OC1c1ccc(CO)cc1. The number of amides is 1. The summed E-state index contributed by atoms with van der Waals surface area (Å²) < 4.78 is 14.9. The number of phenols is 1. The van der Waals surface area contributed by atoms with Crippen LogP contribution in [-0.4, -0.2) is 59.3 Å². The zero-order valence-electron chi connectivity index (χ0n) is 27.3. The van der Waals surface area contributed by atoms with Gasteiger partial charge in [-0.1, -0.05) is 91.5 Å². The normalized spacial score (nSPS) is 18.8. The number of benzene rings is 4. The van der Waals surface area contributed by atoms with Gasteiger partial charge >= 0.3 is 5.97 Å². The van der Waals surface area contributed by atoms with Crippen LogP contribution < -0.4 is 5.32 Å². The highest BCUT2D eigenvalue weighted by atomic mass is 32.2. The molecule has 0 radical (unpaired) electrons. The Morgan fingerprint density at radius 1 is 0.900 bits per heavy atom. The van der Waals surface area contributed by atoms with Crippen molar-refractivity contribution in [1.82, 2.24) is 25.5 Å². The summed E-state index contributed by atoms with van der Waals surface area (Å²) >= 11 is 1.47. The maximum Gasteiger partial charge on any atom is 0.303 e. The molecule has 5 aromatic rings. The molecule has 4 aromatic carbocycles. The fraction of sp³-hybridized carbons (Fsp3) is 0.270. The molecule has 1 amide bonds. The van der Waals surface area contributed by atoms with Crippen molar-refractivity contribution < 1.29 is 34.4 Å². The molecule has 1 aromatic heterocycles. The number of nitrogens with one attached hydrogen (secondary N) is 1. The van der Waals surface area contributed by atoms with E-state index in [2.05, 4.69) is 27.8 Å². The lowest BCUT2D eigenvalue weighted by Gasteiger charge is -2.41. The monoisotopic (exact) mass is 695 g/mol. The van der Waals surface area contributed by atoms with Crippen molar-refractivity contribution in [3.05, 3.63) is 119 Å². The lowest BCUT2D eigenvalue weighted by Crippen LogP contribution is -2.38. The number of nitrogens with zero attached hydrogens (tertiary/aromatic N) is 4. The lowest BCUT2D eigenvalue weighted by molar-refractivity contribution is -0.268. The number of tetrazole rings is 1. The lowest BCUT2D eigenvalue weighted by atomic mass is 9.91. The fourth-order valence-electron chi connectivity index (χ4n) is 5.77. The van der Waals surface area contributed by atoms with Gasteiger partial charge in [0.25, 0.3) is 0 Å². The number of aliphatic hydroxyl groups excluding tert-OH is 1. The van der Waals surface area contributed by atoms with E-state index < -0.39 is 12.3 Å². The van der Waals surface area contributed by atoms with E-state index in [1.54, 1.807) is 28.9 Å². The summed E-state index contributed by atoms with van der Waals surface area (Å²) in [5.74, 6) is -0.685. The number of carbonyl (C=O) groups excluding carboxylic acids is 1. The van der Waals surface area contributed by atoms with Gasteiger partial charge in [-0.05, 0) is 62.5 Å². The van der Waals surface area contributed by atoms with Crippen LogP contribution in [0.25, 0.3) is 16.8 Å². The predicted molar refractivity (Wildman–Crippen MR) is 185 cm³/mol. The summed E-state index contributed by atoms with van der Waals surface area (Å²) in [6, 6.07) is 30.1. The number of phenolic OH excluding ortho intramolecular Hbond substituents is 1. The topological polar surface area (TPSA) is 169 Å². The van der Waals surface area contributed by atoms with Gasteiger partial charge in [0, 0.05) is 30.2 Å². The average Bonchev–Trinajstić information content (AvgIpc) is 3.62. The Morgan fingerprint density at radius 2 is 1.62 bits per heavy atom. The Balaban J connectivity index is 1.21. The summed E-state index contributed by atoms with van der Waals surface area (Å²) in [5, 5.41) is 43.8. The first-order chi connectivity index (χ1) is 24.3. The summed E-state index contributed by atoms with van der Waals surface area (Å²) in [6.07, 6.45) is -1.52. The van der Waals surface area contributed by atoms with Crippen LogP contribution in [0.1, 0.15) is 54.4 Å². The highest BCUT2D eigenvalue weighted by Gasteiger charge is 2.38. The van der Waals surface area contributed by atoms with Crippen LogP contribution in [0.5, 0.6) is 5.75 Å². The zero-order valence-corrected chi connectivity index (χ0v) is 28.1. The van der Waals surface area contributed by atoms with Gasteiger partial charge < -0.3 is 30.1 Å². The fourth-order valence-corrected chi connectivity index (χ4v) is 6.82. The van der Waals surface area contributed by atoms with Gasteiger partial charge in [-0.15, -0.1) is 5.10 Å². The van der Waals surface area contributed by atoms with E-state index >= 15 is 0 Å². The molecule has 13 heteroatoms. The van der Waals surface area contributed by atoms with Crippen molar-refractivity contribution >= 4 is 23.6 Å². The molecule has 6 rings (SSSR count). The maximum atomic E-state index is 12.2. The second-order valence-electron chi connectivity index (χ2n) is 12.0. The van der Waals surface area contributed by atoms with E-state index in [0.29, 0.717) is 10.9 Å². The highest BCUT2D eigenvalue weighted by molar-refractivity contribution is 7.99. The second kappa shape index (κ2) is 16.1. The number of thioether (sulfide) groups is 1. The third kappa shape index (κ3) is 8.37. The van der Waals surface area contributed by atoms with Gasteiger partial charge in [-0.2, -0.15) is 4.68 Å². The van der Waals surface area contributed by atoms with E-state index in [9.17, 15) is 19.8 Å². The van der Waals surface area contributed by atoms with Crippen LogP contribution in [0.15, 0.2) is 102 Å². The Hall–Kier alpha value is -5.08. The van der Waals surface area contributed by atoms with Crippen LogP contribution >= 0.6 is 11.8 Å². The number of rotatable bonds is 13. The zero-order chi connectivity index (χ0) is 35.0. The van der Waals surface area contributed by atoms with Crippen LogP contribution in [-0.2, 0) is 32.2 Å². The molecule has 1 aliphatic rings. The van der Waals surface area contributed by atoms with Crippen molar-refractivity contribution in [3.8, 4) is 22.6 Å². The number of aromatic nitrogens is 4. The molecule has 1 saturated heterocycles. The Labute approximate surface area is 293 Å². The van der Waals surface area contributed by atoms with Gasteiger partial charge in [-0.25, -0.2) is 0 Å². The number of carboxylic acids is 1. The average molecular weight is 696 g/mol. The van der Waals surface area contributed by atoms with E-state index in [4.69, 9.17) is 14.6 Å². The van der Waals surface area contributed by atoms with E-state index in [-0.39, 0.29) is 55.8 Å². The Morgan fingerprint density at radius 3 is 2.34 bits per heavy atom. The minimum Gasteiger partial charge on any atom is -0.508 e. The molecule has 0 spiro atoms. The largest absolute Gasteiger partial charge is 0.508 e. The van der Waals surface area contributed by atoms with Gasteiger partial charge in [0.05, 0.1) is 30.9 Å². The molecular formula is C37H37N5O7S. The molecule has 4 N–H and O–H groups in total. The smallest absolute Gasteiger partial charge is 0.303 e. The van der Waals surface area contributed by atoms with Gasteiger partial charge in [-0.3, -0.25) is 9.59 Å². The van der Waals surface area contributed by atoms with E-state index in [1.807, 2.05) is 72.8 Å². The van der Waals surface area contributed by atoms with Gasteiger partial charge in [0.2, 0.25) is 11.1 Å². The van der Waals surface area contributed by atoms with Gasteiger partial charge in [0.1, 0.15) is 5.75 Å². The van der Waals surface area contributed by atoms with Crippen LogP contribution in [0.3, 0.4) is 0 Å². The quantitative estimate of drug-likeness (QED) is 0.113. The maximum absolute atomic E-state index is 12.2. The van der Waals surface area contributed by atoms with E-state index in [1.165, 1.54) is 11.8 Å². The van der Waals surface area contributed by atoms with Crippen molar-refractivity contribution in [3.63, 3.8) is 0 Å². The molecule has 50 heavy (non-hydrogen) atoms. The molecule has 4 unspecified atom stereocenters. The molecule has 0 bridgehead atoms. The minimum atomic E-state index is -1.01. The standard InChI is InChI=1S/C37H37N5O7S/c1-23-32(22-50-37-39-40-41-42(37)29-14-16-30(44)17-15-29)48-36(49-35(23)26-8-6-24(21-43)7-9-26)27-12-10-25(11-13-27)31-5-3-2-4-28(31)20-38-33(45)18-19-34(46)47/h2-17,23,32,35-36,43-44H,18-22H2,1H3,(H,38,45)(H,46,47). The van der Waals surface area contributed by atoms with Crippen molar-refractivity contribution in [2.45, 2.75) is 56.6 Å². The summed E-state index contributed by atoms with van der Waals surface area (Å²) in [6.45, 7) is 2.32. The van der Waals surface area contributed by atoms with Crippen LogP contribution in [0.4, 0.5) is 0 Å². The number of carbonyl (C=O) groups is 2. The first kappa shape index (κ1) is 34.8. The molecule has 4 atom stereocenters. The number of hydrogen-bond donors (Lipinski definition) is 4. The molecule has 1 fully saturated rings. The third-order valence-corrected chi connectivity index (χ3v) is 9.60. The molecule has 0 saturated carbocycles. The number of hydrogen-bond acceptors (Lipinski definition) is 10. The number of aliphatic hydroxyl groups is 1. The number of ether oxygens (including phenoxy) is 2. The second-order valence-corrected chi connectivity index (χ2v) is 13.0. The van der Waals surface area contributed by atoms with Crippen molar-refractivity contribution in [1.29, 1.82) is 0 Å². The number of carboxylic acid groups (broad SMARTS) is 1. The minimum absolute atomic E-state index is 0.0469. The number of aliphatic carboxylic acids is 1. The summed E-state index contributed by atoms with van der Waals surface area (Å²) in [4.78, 5) is 23.0.